The Morgan fingerprint density at radius 2 is 2.19 bits per heavy atom. The molecule has 5 heteroatoms. The van der Waals surface area contributed by atoms with E-state index in [9.17, 15) is 13.0 Å². The highest BCUT2D eigenvalue weighted by atomic mass is 32.2. The largest absolute Gasteiger partial charge is 0.294 e. The first-order valence-corrected chi connectivity index (χ1v) is 8.37. The molecule has 0 fully saturated rings. The average molecular weight is 256 g/mol. The molecule has 1 N–H and O–H groups in total. The molecule has 0 aliphatic rings. The van der Waals surface area contributed by atoms with E-state index >= 15 is 0 Å². The van der Waals surface area contributed by atoms with Gasteiger partial charge in [0.1, 0.15) is 0 Å². The molecule has 0 spiro atoms. The van der Waals surface area contributed by atoms with Crippen LogP contribution in [-0.2, 0) is 10.1 Å². The molecule has 1 rings (SSSR count). The summed E-state index contributed by atoms with van der Waals surface area (Å²) >= 11 is 0. The van der Waals surface area contributed by atoms with Crippen molar-refractivity contribution in [2.24, 2.45) is 0 Å². The molecule has 0 aliphatic carbocycles. The Hall–Kier alpha value is -0.913. The van der Waals surface area contributed by atoms with Gasteiger partial charge in [-0.25, -0.2) is 0 Å². The molecule has 0 aromatic heterocycles. The van der Waals surface area contributed by atoms with Crippen LogP contribution in [0.1, 0.15) is 18.9 Å². The smallest absolute Gasteiger partial charge is 0.282 e. The molecule has 0 aliphatic heterocycles. The molecule has 88 valence electrons. The standard InChI is InChI=1S/C11H16O3SSi/c1-3-8-16-10-7-5-6-9(4-2)11(10)15(12,13)14/h4-7H,2-3,8,16H2,1H3,(H,12,13,14). The van der Waals surface area contributed by atoms with Gasteiger partial charge < -0.3 is 0 Å². The van der Waals surface area contributed by atoms with Crippen LogP contribution in [0.15, 0.2) is 29.7 Å². The fourth-order valence-electron chi connectivity index (χ4n) is 1.64. The van der Waals surface area contributed by atoms with E-state index in [1.54, 1.807) is 12.1 Å². The third-order valence-electron chi connectivity index (χ3n) is 2.40. The Balaban J connectivity index is 3.32. The van der Waals surface area contributed by atoms with Crippen molar-refractivity contribution in [2.45, 2.75) is 24.3 Å². The second kappa shape index (κ2) is 5.43. The van der Waals surface area contributed by atoms with Crippen LogP contribution in [-0.4, -0.2) is 22.5 Å². The van der Waals surface area contributed by atoms with E-state index in [0.29, 0.717) is 5.56 Å². The maximum Gasteiger partial charge on any atom is 0.294 e. The summed E-state index contributed by atoms with van der Waals surface area (Å²) in [6, 6.07) is 6.28. The van der Waals surface area contributed by atoms with Gasteiger partial charge in [0, 0.05) is 0 Å². The molecule has 0 amide bonds. The zero-order chi connectivity index (χ0) is 12.2. The lowest BCUT2D eigenvalue weighted by molar-refractivity contribution is 0.483. The molecular weight excluding hydrogens is 240 g/mol. The zero-order valence-corrected chi connectivity index (χ0v) is 11.5. The van der Waals surface area contributed by atoms with Crippen LogP contribution in [0.2, 0.25) is 6.04 Å². The predicted molar refractivity (Wildman–Crippen MR) is 69.6 cm³/mol. The van der Waals surface area contributed by atoms with Gasteiger partial charge in [0.25, 0.3) is 10.1 Å². The van der Waals surface area contributed by atoms with Crippen LogP contribution in [0.4, 0.5) is 0 Å². The lowest BCUT2D eigenvalue weighted by Gasteiger charge is -2.09. The third kappa shape index (κ3) is 3.04. The molecule has 1 aromatic carbocycles. The molecule has 3 nitrogen and oxygen atoms in total. The summed E-state index contributed by atoms with van der Waals surface area (Å²) < 4.78 is 31.9. The lowest BCUT2D eigenvalue weighted by atomic mass is 10.2. The molecule has 0 bridgehead atoms. The number of hydrogen-bond acceptors (Lipinski definition) is 2. The van der Waals surface area contributed by atoms with Crippen molar-refractivity contribution in [1.82, 2.24) is 0 Å². The van der Waals surface area contributed by atoms with Crippen molar-refractivity contribution in [3.8, 4) is 0 Å². The normalized spacial score (nSPS) is 12.1. The van der Waals surface area contributed by atoms with Gasteiger partial charge >= 0.3 is 0 Å². The van der Waals surface area contributed by atoms with E-state index < -0.39 is 19.6 Å². The second-order valence-electron chi connectivity index (χ2n) is 3.62. The minimum absolute atomic E-state index is 0.0603. The van der Waals surface area contributed by atoms with Crippen molar-refractivity contribution < 1.29 is 13.0 Å². The van der Waals surface area contributed by atoms with Crippen LogP contribution in [0.3, 0.4) is 0 Å². The Labute approximate surface area is 98.8 Å². The molecule has 16 heavy (non-hydrogen) atoms. The van der Waals surface area contributed by atoms with Gasteiger partial charge in [-0.05, 0) is 10.8 Å². The first-order chi connectivity index (χ1) is 7.50. The van der Waals surface area contributed by atoms with Crippen molar-refractivity contribution in [3.63, 3.8) is 0 Å². The van der Waals surface area contributed by atoms with E-state index in [0.717, 1.165) is 17.7 Å². The van der Waals surface area contributed by atoms with Crippen LogP contribution < -0.4 is 5.19 Å². The summed E-state index contributed by atoms with van der Waals surface area (Å²) in [5.41, 5.74) is 0.489. The summed E-state index contributed by atoms with van der Waals surface area (Å²) in [5.74, 6) is 0. The van der Waals surface area contributed by atoms with Gasteiger partial charge in [-0.1, -0.05) is 50.2 Å². The molecular formula is C11H16O3SSi. The van der Waals surface area contributed by atoms with Gasteiger partial charge in [-0.2, -0.15) is 8.42 Å². The van der Waals surface area contributed by atoms with Gasteiger partial charge in [0.15, 0.2) is 0 Å². The minimum atomic E-state index is -4.14. The summed E-state index contributed by atoms with van der Waals surface area (Å²) in [5, 5.41) is 0.793. The number of benzene rings is 1. The molecule has 0 saturated heterocycles. The average Bonchev–Trinajstić information content (AvgIpc) is 2.24. The molecule has 1 aromatic rings. The maximum atomic E-state index is 11.3. The molecule has 0 saturated carbocycles. The molecule has 0 heterocycles. The van der Waals surface area contributed by atoms with Crippen LogP contribution in [0.25, 0.3) is 6.08 Å². The molecule has 0 radical (unpaired) electrons. The zero-order valence-electron chi connectivity index (χ0n) is 9.31. The monoisotopic (exact) mass is 256 g/mol. The number of rotatable bonds is 5. The number of hydrogen-bond donors (Lipinski definition) is 1. The Morgan fingerprint density at radius 3 is 2.69 bits per heavy atom. The second-order valence-corrected chi connectivity index (χ2v) is 6.95. The van der Waals surface area contributed by atoms with Gasteiger partial charge in [0.05, 0.1) is 14.4 Å². The highest BCUT2D eigenvalue weighted by Crippen LogP contribution is 2.14. The van der Waals surface area contributed by atoms with E-state index in [2.05, 4.69) is 13.5 Å². The summed E-state index contributed by atoms with van der Waals surface area (Å²) in [7, 11) is -4.78. The Kier molecular flexibility index (Phi) is 4.46. The van der Waals surface area contributed by atoms with Gasteiger partial charge in [-0.15, -0.1) is 0 Å². The first-order valence-electron chi connectivity index (χ1n) is 5.22. The molecule has 0 atom stereocenters. The van der Waals surface area contributed by atoms with Crippen molar-refractivity contribution in [2.75, 3.05) is 0 Å². The topological polar surface area (TPSA) is 54.4 Å². The third-order valence-corrected chi connectivity index (χ3v) is 5.86. The van der Waals surface area contributed by atoms with Crippen molar-refractivity contribution >= 4 is 30.9 Å². The fraction of sp³-hybridized carbons (Fsp3) is 0.273. The summed E-state index contributed by atoms with van der Waals surface area (Å²) in [6.07, 6.45) is 2.50. The molecule has 0 unspecified atom stereocenters. The highest BCUT2D eigenvalue weighted by molar-refractivity contribution is 7.86. The maximum absolute atomic E-state index is 11.3. The van der Waals surface area contributed by atoms with Gasteiger partial charge in [-0.3, -0.25) is 4.55 Å². The Morgan fingerprint density at radius 1 is 1.50 bits per heavy atom. The lowest BCUT2D eigenvalue weighted by Crippen LogP contribution is -2.23. The quantitative estimate of drug-likeness (QED) is 0.636. The fourth-order valence-corrected chi connectivity index (χ4v) is 4.81. The summed E-state index contributed by atoms with van der Waals surface area (Å²) in [6.45, 7) is 5.63. The first kappa shape index (κ1) is 13.2. The van der Waals surface area contributed by atoms with E-state index in [-0.39, 0.29) is 4.90 Å². The van der Waals surface area contributed by atoms with E-state index in [1.807, 2.05) is 6.07 Å². The SMILES string of the molecule is C=Cc1cccc([SiH2]CCC)c1S(=O)(=O)O. The minimum Gasteiger partial charge on any atom is -0.282 e. The van der Waals surface area contributed by atoms with Crippen LogP contribution >= 0.6 is 0 Å². The predicted octanol–water partition coefficient (Wildman–Crippen LogP) is 1.20. The van der Waals surface area contributed by atoms with Gasteiger partial charge in [0.2, 0.25) is 0 Å². The Bertz CT molecular complexity index is 480. The highest BCUT2D eigenvalue weighted by Gasteiger charge is 2.18. The van der Waals surface area contributed by atoms with Crippen molar-refractivity contribution in [3.05, 3.63) is 30.3 Å². The van der Waals surface area contributed by atoms with E-state index in [1.165, 1.54) is 6.08 Å². The summed E-state index contributed by atoms with van der Waals surface area (Å²) in [4.78, 5) is 0.0603. The van der Waals surface area contributed by atoms with Crippen LogP contribution in [0, 0.1) is 0 Å². The van der Waals surface area contributed by atoms with Crippen molar-refractivity contribution in [1.29, 1.82) is 0 Å². The van der Waals surface area contributed by atoms with E-state index in [4.69, 9.17) is 0 Å². The van der Waals surface area contributed by atoms with Crippen LogP contribution in [0.5, 0.6) is 0 Å².